The van der Waals surface area contributed by atoms with E-state index in [9.17, 15) is 9.59 Å². The smallest absolute Gasteiger partial charge is 0.282 e. The maximum Gasteiger partial charge on any atom is 0.282 e. The molecule has 4 rings (SSSR count). The maximum atomic E-state index is 13.4. The van der Waals surface area contributed by atoms with Gasteiger partial charge in [0, 0.05) is 5.69 Å². The van der Waals surface area contributed by atoms with E-state index in [0.717, 1.165) is 11.1 Å². The minimum atomic E-state index is -0.374. The maximum absolute atomic E-state index is 13.4. The molecule has 0 spiro atoms. The van der Waals surface area contributed by atoms with E-state index in [2.05, 4.69) is 5.32 Å². The topological polar surface area (TPSA) is 58.6 Å². The molecule has 0 saturated carbocycles. The predicted octanol–water partition coefficient (Wildman–Crippen LogP) is 4.71. The number of hydrogen-bond acceptors (Lipinski definition) is 4. The zero-order valence-corrected chi connectivity index (χ0v) is 17.1. The van der Waals surface area contributed by atoms with Crippen LogP contribution in [0.1, 0.15) is 16.7 Å². The van der Waals surface area contributed by atoms with Crippen LogP contribution in [0.4, 0.5) is 11.4 Å². The number of imide groups is 1. The summed E-state index contributed by atoms with van der Waals surface area (Å²) in [5.74, 6) is -0.00138. The number of nitrogens with zero attached hydrogens (tertiary/aromatic N) is 1. The fourth-order valence-electron chi connectivity index (χ4n) is 3.49. The number of benzene rings is 3. The largest absolute Gasteiger partial charge is 0.497 e. The third-order valence-electron chi connectivity index (χ3n) is 5.14. The van der Waals surface area contributed by atoms with E-state index >= 15 is 0 Å². The summed E-state index contributed by atoms with van der Waals surface area (Å²) in [6.07, 6.45) is 0. The number of carbonyl (C=O) groups excluding carboxylic acids is 2. The Balaban J connectivity index is 1.81. The van der Waals surface area contributed by atoms with Crippen LogP contribution < -0.4 is 15.0 Å². The first kappa shape index (κ1) is 19.5. The fourth-order valence-corrected chi connectivity index (χ4v) is 3.49. The first-order valence-corrected chi connectivity index (χ1v) is 9.66. The molecule has 150 valence electrons. The second-order valence-electron chi connectivity index (χ2n) is 7.20. The Morgan fingerprint density at radius 1 is 0.800 bits per heavy atom. The monoisotopic (exact) mass is 398 g/mol. The molecule has 1 aliphatic rings. The molecular weight excluding hydrogens is 376 g/mol. The van der Waals surface area contributed by atoms with E-state index in [0.29, 0.717) is 28.3 Å². The summed E-state index contributed by atoms with van der Waals surface area (Å²) in [6.45, 7) is 3.87. The summed E-state index contributed by atoms with van der Waals surface area (Å²) in [4.78, 5) is 28.1. The number of methoxy groups -OCH3 is 1. The standard InChI is InChI=1S/C25H22N2O3/c1-16-8-10-18(11-9-16)22-23(26-19-12-14-20(30-3)15-13-19)25(29)27(24(22)28)21-7-5-4-6-17(21)2/h4-15,26H,1-3H3. The molecule has 0 aliphatic carbocycles. The molecule has 0 saturated heterocycles. The van der Waals surface area contributed by atoms with Crippen molar-refractivity contribution in [3.63, 3.8) is 0 Å². The molecule has 0 radical (unpaired) electrons. The number of rotatable bonds is 5. The van der Waals surface area contributed by atoms with Gasteiger partial charge in [0.2, 0.25) is 0 Å². The van der Waals surface area contributed by atoms with E-state index in [1.807, 2.05) is 68.4 Å². The molecule has 0 fully saturated rings. The molecule has 30 heavy (non-hydrogen) atoms. The number of amides is 2. The fraction of sp³-hybridized carbons (Fsp3) is 0.120. The van der Waals surface area contributed by atoms with E-state index in [1.54, 1.807) is 25.3 Å². The quantitative estimate of drug-likeness (QED) is 0.633. The third-order valence-corrected chi connectivity index (χ3v) is 5.14. The Bertz CT molecular complexity index is 1150. The van der Waals surface area contributed by atoms with Gasteiger partial charge in [0.15, 0.2) is 0 Å². The number of hydrogen-bond donors (Lipinski definition) is 1. The van der Waals surface area contributed by atoms with Crippen molar-refractivity contribution in [3.8, 4) is 5.75 Å². The Labute approximate surface area is 175 Å². The van der Waals surface area contributed by atoms with Crippen LogP contribution in [0.15, 0.2) is 78.5 Å². The minimum Gasteiger partial charge on any atom is -0.497 e. The second-order valence-corrected chi connectivity index (χ2v) is 7.20. The van der Waals surface area contributed by atoms with Crippen molar-refractivity contribution in [2.75, 3.05) is 17.3 Å². The Morgan fingerprint density at radius 3 is 2.10 bits per heavy atom. The zero-order valence-electron chi connectivity index (χ0n) is 17.1. The van der Waals surface area contributed by atoms with Crippen LogP contribution in [0.3, 0.4) is 0 Å². The average Bonchev–Trinajstić information content (AvgIpc) is 2.99. The highest BCUT2D eigenvalue weighted by Crippen LogP contribution is 2.35. The van der Waals surface area contributed by atoms with Crippen LogP contribution in [0.2, 0.25) is 0 Å². The first-order chi connectivity index (χ1) is 14.5. The zero-order chi connectivity index (χ0) is 21.3. The van der Waals surface area contributed by atoms with Gasteiger partial charge in [-0.05, 0) is 55.3 Å². The molecule has 3 aromatic carbocycles. The van der Waals surface area contributed by atoms with Crippen LogP contribution in [-0.4, -0.2) is 18.9 Å². The van der Waals surface area contributed by atoms with Crippen molar-refractivity contribution in [3.05, 3.63) is 95.2 Å². The number of aryl methyl sites for hydroxylation is 2. The van der Waals surface area contributed by atoms with Gasteiger partial charge in [0.05, 0.1) is 18.4 Å². The van der Waals surface area contributed by atoms with E-state index in [-0.39, 0.29) is 17.5 Å². The summed E-state index contributed by atoms with van der Waals surface area (Å²) in [5.41, 5.74) is 4.54. The van der Waals surface area contributed by atoms with Gasteiger partial charge in [-0.25, -0.2) is 4.90 Å². The Morgan fingerprint density at radius 2 is 1.47 bits per heavy atom. The minimum absolute atomic E-state index is 0.261. The molecule has 3 aromatic rings. The van der Waals surface area contributed by atoms with Gasteiger partial charge < -0.3 is 10.1 Å². The van der Waals surface area contributed by atoms with Gasteiger partial charge in [0.25, 0.3) is 11.8 Å². The molecule has 5 nitrogen and oxygen atoms in total. The highest BCUT2D eigenvalue weighted by molar-refractivity contribution is 6.46. The van der Waals surface area contributed by atoms with Gasteiger partial charge in [0.1, 0.15) is 11.4 Å². The summed E-state index contributed by atoms with van der Waals surface area (Å²) in [6, 6.07) is 22.2. The van der Waals surface area contributed by atoms with E-state index < -0.39 is 0 Å². The van der Waals surface area contributed by atoms with Gasteiger partial charge >= 0.3 is 0 Å². The van der Waals surface area contributed by atoms with Crippen molar-refractivity contribution in [1.82, 2.24) is 0 Å². The van der Waals surface area contributed by atoms with Crippen LogP contribution in [0, 0.1) is 13.8 Å². The Kier molecular flexibility index (Phi) is 5.11. The number of carbonyl (C=O) groups is 2. The lowest BCUT2D eigenvalue weighted by molar-refractivity contribution is -0.120. The normalized spacial score (nSPS) is 13.8. The molecule has 5 heteroatoms. The molecule has 1 aliphatic heterocycles. The van der Waals surface area contributed by atoms with Crippen molar-refractivity contribution in [2.24, 2.45) is 0 Å². The van der Waals surface area contributed by atoms with Crippen molar-refractivity contribution in [2.45, 2.75) is 13.8 Å². The van der Waals surface area contributed by atoms with Crippen molar-refractivity contribution >= 4 is 28.8 Å². The lowest BCUT2D eigenvalue weighted by Crippen LogP contribution is -2.33. The highest BCUT2D eigenvalue weighted by Gasteiger charge is 2.40. The average molecular weight is 398 g/mol. The van der Waals surface area contributed by atoms with Crippen LogP contribution in [0.25, 0.3) is 5.57 Å². The van der Waals surface area contributed by atoms with Gasteiger partial charge in [-0.1, -0.05) is 48.0 Å². The summed E-state index contributed by atoms with van der Waals surface area (Å²) >= 11 is 0. The van der Waals surface area contributed by atoms with Crippen molar-refractivity contribution in [1.29, 1.82) is 0 Å². The molecule has 0 atom stereocenters. The van der Waals surface area contributed by atoms with E-state index in [1.165, 1.54) is 4.90 Å². The first-order valence-electron chi connectivity index (χ1n) is 9.66. The van der Waals surface area contributed by atoms with Crippen LogP contribution in [0.5, 0.6) is 5.75 Å². The summed E-state index contributed by atoms with van der Waals surface area (Å²) in [7, 11) is 1.60. The SMILES string of the molecule is COc1ccc(NC2=C(c3ccc(C)cc3)C(=O)N(c3ccccc3C)C2=O)cc1. The van der Waals surface area contributed by atoms with Gasteiger partial charge in [-0.3, -0.25) is 9.59 Å². The number of anilines is 2. The molecule has 0 unspecified atom stereocenters. The van der Waals surface area contributed by atoms with Gasteiger partial charge in [-0.2, -0.15) is 0 Å². The second kappa shape index (κ2) is 7.87. The predicted molar refractivity (Wildman–Crippen MR) is 118 cm³/mol. The lowest BCUT2D eigenvalue weighted by atomic mass is 10.0. The molecule has 1 N–H and O–H groups in total. The third kappa shape index (κ3) is 3.46. The molecule has 1 heterocycles. The summed E-state index contributed by atoms with van der Waals surface area (Å²) in [5, 5.41) is 3.17. The Hall–Kier alpha value is -3.86. The number of ether oxygens (including phenoxy) is 1. The van der Waals surface area contributed by atoms with E-state index in [4.69, 9.17) is 4.74 Å². The summed E-state index contributed by atoms with van der Waals surface area (Å²) < 4.78 is 5.20. The van der Waals surface area contributed by atoms with Gasteiger partial charge in [-0.15, -0.1) is 0 Å². The van der Waals surface area contributed by atoms with Crippen LogP contribution in [-0.2, 0) is 9.59 Å². The lowest BCUT2D eigenvalue weighted by Gasteiger charge is -2.17. The molecule has 0 aromatic heterocycles. The number of para-hydroxylation sites is 1. The molecule has 0 bridgehead atoms. The van der Waals surface area contributed by atoms with Crippen LogP contribution >= 0.6 is 0 Å². The van der Waals surface area contributed by atoms with Crippen molar-refractivity contribution < 1.29 is 14.3 Å². The highest BCUT2D eigenvalue weighted by atomic mass is 16.5. The molecule has 2 amide bonds. The molecular formula is C25H22N2O3. The number of nitrogens with one attached hydrogen (secondary N) is 1.